The van der Waals surface area contributed by atoms with Gasteiger partial charge in [0.1, 0.15) is 0 Å². The lowest BCUT2D eigenvalue weighted by molar-refractivity contribution is 0.104. The van der Waals surface area contributed by atoms with Gasteiger partial charge in [-0.3, -0.25) is 4.79 Å². The number of rotatable bonds is 2. The van der Waals surface area contributed by atoms with Crippen LogP contribution in [0.2, 0.25) is 0 Å². The zero-order valence-corrected chi connectivity index (χ0v) is 10.5. The monoisotopic (exact) mass is 230 g/mol. The lowest BCUT2D eigenvalue weighted by atomic mass is 9.99. The molecule has 82 valence electrons. The summed E-state index contributed by atoms with van der Waals surface area (Å²) in [6.07, 6.45) is 0. The molecule has 2 aromatic rings. The second-order valence-corrected chi connectivity index (χ2v) is 5.27. The van der Waals surface area contributed by atoms with Crippen molar-refractivity contribution in [1.82, 2.24) is 0 Å². The summed E-state index contributed by atoms with van der Waals surface area (Å²) in [7, 11) is 0. The summed E-state index contributed by atoms with van der Waals surface area (Å²) in [5.74, 6) is 0.138. The van der Waals surface area contributed by atoms with Gasteiger partial charge in [-0.15, -0.1) is 11.3 Å². The Labute approximate surface area is 99.8 Å². The molecule has 0 bridgehead atoms. The molecule has 1 aromatic heterocycles. The van der Waals surface area contributed by atoms with Crippen LogP contribution in [0.15, 0.2) is 30.3 Å². The molecule has 0 saturated heterocycles. The molecule has 0 aliphatic carbocycles. The molecule has 1 nitrogen and oxygen atoms in total. The highest BCUT2D eigenvalue weighted by atomic mass is 32.1. The Morgan fingerprint density at radius 1 is 1.06 bits per heavy atom. The van der Waals surface area contributed by atoms with Gasteiger partial charge in [-0.25, -0.2) is 0 Å². The van der Waals surface area contributed by atoms with E-state index in [0.717, 1.165) is 16.0 Å². The number of benzene rings is 1. The Kier molecular flexibility index (Phi) is 2.92. The summed E-state index contributed by atoms with van der Waals surface area (Å²) >= 11 is 1.56. The first-order valence-corrected chi connectivity index (χ1v) is 6.08. The molecule has 0 saturated carbocycles. The maximum absolute atomic E-state index is 12.2. The SMILES string of the molecule is Cc1ccc(C(=O)c2cccc(C)c2C)s1. The molecule has 0 atom stereocenters. The van der Waals surface area contributed by atoms with E-state index in [1.54, 1.807) is 11.3 Å². The van der Waals surface area contributed by atoms with Crippen LogP contribution in [0.1, 0.15) is 31.2 Å². The molecule has 0 amide bonds. The lowest BCUT2D eigenvalue weighted by Crippen LogP contribution is -2.02. The summed E-state index contributed by atoms with van der Waals surface area (Å²) in [4.78, 5) is 14.2. The second-order valence-electron chi connectivity index (χ2n) is 3.99. The molecule has 0 radical (unpaired) electrons. The smallest absolute Gasteiger partial charge is 0.203 e. The van der Waals surface area contributed by atoms with E-state index in [0.29, 0.717) is 0 Å². The minimum atomic E-state index is 0.138. The highest BCUT2D eigenvalue weighted by Crippen LogP contribution is 2.22. The van der Waals surface area contributed by atoms with Crippen molar-refractivity contribution in [2.24, 2.45) is 0 Å². The Hall–Kier alpha value is -1.41. The Morgan fingerprint density at radius 3 is 2.44 bits per heavy atom. The minimum absolute atomic E-state index is 0.138. The third-order valence-electron chi connectivity index (χ3n) is 2.81. The number of hydrogen-bond acceptors (Lipinski definition) is 2. The van der Waals surface area contributed by atoms with Crippen LogP contribution in [0.3, 0.4) is 0 Å². The standard InChI is InChI=1S/C14H14OS/c1-9-5-4-6-12(11(9)3)14(15)13-8-7-10(2)16-13/h4-8H,1-3H3. The number of ketones is 1. The topological polar surface area (TPSA) is 17.1 Å². The Morgan fingerprint density at radius 2 is 1.81 bits per heavy atom. The van der Waals surface area contributed by atoms with Crippen molar-refractivity contribution < 1.29 is 4.79 Å². The van der Waals surface area contributed by atoms with E-state index < -0.39 is 0 Å². The quantitative estimate of drug-likeness (QED) is 0.715. The van der Waals surface area contributed by atoms with E-state index >= 15 is 0 Å². The zero-order valence-electron chi connectivity index (χ0n) is 9.70. The highest BCUT2D eigenvalue weighted by Gasteiger charge is 2.13. The molecule has 0 fully saturated rings. The van der Waals surface area contributed by atoms with Crippen LogP contribution >= 0.6 is 11.3 Å². The van der Waals surface area contributed by atoms with E-state index in [4.69, 9.17) is 0 Å². The fourth-order valence-electron chi connectivity index (χ4n) is 1.69. The van der Waals surface area contributed by atoms with Crippen molar-refractivity contribution in [3.05, 3.63) is 56.8 Å². The molecule has 2 rings (SSSR count). The van der Waals surface area contributed by atoms with Crippen molar-refractivity contribution in [2.45, 2.75) is 20.8 Å². The maximum Gasteiger partial charge on any atom is 0.203 e. The van der Waals surface area contributed by atoms with Crippen LogP contribution in [0.4, 0.5) is 0 Å². The maximum atomic E-state index is 12.2. The summed E-state index contributed by atoms with van der Waals surface area (Å²) in [5.41, 5.74) is 3.07. The van der Waals surface area contributed by atoms with E-state index in [-0.39, 0.29) is 5.78 Å². The van der Waals surface area contributed by atoms with Crippen molar-refractivity contribution in [3.8, 4) is 0 Å². The molecule has 0 aliphatic rings. The summed E-state index contributed by atoms with van der Waals surface area (Å²) in [5, 5.41) is 0. The summed E-state index contributed by atoms with van der Waals surface area (Å²) in [6, 6.07) is 9.77. The zero-order chi connectivity index (χ0) is 11.7. The van der Waals surface area contributed by atoms with Crippen molar-refractivity contribution in [1.29, 1.82) is 0 Å². The Balaban J connectivity index is 2.45. The minimum Gasteiger partial charge on any atom is -0.288 e. The van der Waals surface area contributed by atoms with Gasteiger partial charge in [0.15, 0.2) is 0 Å². The molecule has 0 spiro atoms. The average Bonchev–Trinajstić information content (AvgIpc) is 2.68. The van der Waals surface area contributed by atoms with Gasteiger partial charge in [0.2, 0.25) is 5.78 Å². The van der Waals surface area contributed by atoms with Crippen LogP contribution < -0.4 is 0 Å². The van der Waals surface area contributed by atoms with Gasteiger partial charge in [-0.05, 0) is 44.0 Å². The van der Waals surface area contributed by atoms with E-state index in [9.17, 15) is 4.79 Å². The molecule has 2 heteroatoms. The van der Waals surface area contributed by atoms with Gasteiger partial charge in [-0.2, -0.15) is 0 Å². The number of thiophene rings is 1. The van der Waals surface area contributed by atoms with Crippen molar-refractivity contribution >= 4 is 17.1 Å². The second kappa shape index (κ2) is 4.22. The first kappa shape index (κ1) is 11.1. The summed E-state index contributed by atoms with van der Waals surface area (Å²) < 4.78 is 0. The third kappa shape index (κ3) is 1.93. The van der Waals surface area contributed by atoms with Gasteiger partial charge in [0.25, 0.3) is 0 Å². The molecule has 16 heavy (non-hydrogen) atoms. The fourth-order valence-corrected chi connectivity index (χ4v) is 2.51. The number of carbonyl (C=O) groups excluding carboxylic acids is 1. The summed E-state index contributed by atoms with van der Waals surface area (Å²) in [6.45, 7) is 6.05. The number of carbonyl (C=O) groups is 1. The molecular formula is C14H14OS. The van der Waals surface area contributed by atoms with Gasteiger partial charge < -0.3 is 0 Å². The van der Waals surface area contributed by atoms with Crippen LogP contribution in [0, 0.1) is 20.8 Å². The van der Waals surface area contributed by atoms with Crippen molar-refractivity contribution in [3.63, 3.8) is 0 Å². The van der Waals surface area contributed by atoms with Gasteiger partial charge in [-0.1, -0.05) is 18.2 Å². The number of hydrogen-bond donors (Lipinski definition) is 0. The third-order valence-corrected chi connectivity index (χ3v) is 3.81. The predicted molar refractivity (Wildman–Crippen MR) is 68.4 cm³/mol. The molecular weight excluding hydrogens is 216 g/mol. The van der Waals surface area contributed by atoms with Crippen molar-refractivity contribution in [2.75, 3.05) is 0 Å². The lowest BCUT2D eigenvalue weighted by Gasteiger charge is -2.05. The van der Waals surface area contributed by atoms with Crippen LogP contribution in [0.25, 0.3) is 0 Å². The predicted octanol–water partition coefficient (Wildman–Crippen LogP) is 3.90. The normalized spacial score (nSPS) is 10.4. The first-order chi connectivity index (χ1) is 7.59. The first-order valence-electron chi connectivity index (χ1n) is 5.27. The molecule has 0 aliphatic heterocycles. The van der Waals surface area contributed by atoms with Gasteiger partial charge >= 0.3 is 0 Å². The van der Waals surface area contributed by atoms with E-state index in [1.165, 1.54) is 10.4 Å². The van der Waals surface area contributed by atoms with Gasteiger partial charge in [0, 0.05) is 10.4 Å². The molecule has 1 aromatic carbocycles. The Bertz CT molecular complexity index is 537. The van der Waals surface area contributed by atoms with E-state index in [2.05, 4.69) is 0 Å². The number of aryl methyl sites for hydroxylation is 2. The highest BCUT2D eigenvalue weighted by molar-refractivity contribution is 7.14. The fraction of sp³-hybridized carbons (Fsp3) is 0.214. The molecule has 1 heterocycles. The average molecular weight is 230 g/mol. The van der Waals surface area contributed by atoms with E-state index in [1.807, 2.05) is 51.1 Å². The largest absolute Gasteiger partial charge is 0.288 e. The molecule has 0 N–H and O–H groups in total. The van der Waals surface area contributed by atoms with Crippen LogP contribution in [0.5, 0.6) is 0 Å². The molecule has 0 unspecified atom stereocenters. The van der Waals surface area contributed by atoms with Crippen LogP contribution in [-0.4, -0.2) is 5.78 Å². The van der Waals surface area contributed by atoms with Gasteiger partial charge in [0.05, 0.1) is 4.88 Å². The van der Waals surface area contributed by atoms with Crippen LogP contribution in [-0.2, 0) is 0 Å².